The quantitative estimate of drug-likeness (QED) is 0.477. The standard InChI is InChI=1S/C22H22F4N2.ClH/c1-27-11-2-3-20-19(14-27)18-13-17(23)8-9-21(18)28(20)12-10-15-4-6-16(7-5-15)22(24,25)26;/h4-9,13H,2-3,10-12,14H2,1H3;1H. The van der Waals surface area contributed by atoms with Crippen LogP contribution in [0.1, 0.15) is 28.8 Å². The Morgan fingerprint density at radius 2 is 1.76 bits per heavy atom. The van der Waals surface area contributed by atoms with Crippen molar-refractivity contribution in [2.24, 2.45) is 0 Å². The van der Waals surface area contributed by atoms with E-state index in [4.69, 9.17) is 0 Å². The highest BCUT2D eigenvalue weighted by atomic mass is 35.5. The first-order chi connectivity index (χ1) is 13.3. The van der Waals surface area contributed by atoms with E-state index in [2.05, 4.69) is 16.5 Å². The fourth-order valence-electron chi connectivity index (χ4n) is 4.13. The van der Waals surface area contributed by atoms with Crippen LogP contribution in [0.2, 0.25) is 0 Å². The van der Waals surface area contributed by atoms with Crippen molar-refractivity contribution in [2.75, 3.05) is 13.6 Å². The smallest absolute Gasteiger partial charge is 0.344 e. The third kappa shape index (κ3) is 4.43. The Labute approximate surface area is 173 Å². The number of halogens is 5. The maximum atomic E-state index is 13.9. The van der Waals surface area contributed by atoms with Crippen LogP contribution in [-0.4, -0.2) is 23.1 Å². The Morgan fingerprint density at radius 1 is 1.03 bits per heavy atom. The summed E-state index contributed by atoms with van der Waals surface area (Å²) in [6.45, 7) is 2.43. The van der Waals surface area contributed by atoms with Crippen LogP contribution in [-0.2, 0) is 32.1 Å². The molecule has 0 amide bonds. The molecule has 0 saturated heterocycles. The van der Waals surface area contributed by atoms with Gasteiger partial charge in [0.15, 0.2) is 0 Å². The normalized spacial score (nSPS) is 15.1. The largest absolute Gasteiger partial charge is 0.416 e. The zero-order valence-electron chi connectivity index (χ0n) is 16.1. The lowest BCUT2D eigenvalue weighted by atomic mass is 10.1. The summed E-state index contributed by atoms with van der Waals surface area (Å²) in [6, 6.07) is 10.2. The van der Waals surface area contributed by atoms with Crippen LogP contribution in [0.25, 0.3) is 10.9 Å². The first-order valence-corrected chi connectivity index (χ1v) is 9.47. The van der Waals surface area contributed by atoms with Crippen LogP contribution in [0.5, 0.6) is 0 Å². The average Bonchev–Trinajstić information content (AvgIpc) is 2.78. The van der Waals surface area contributed by atoms with Crippen molar-refractivity contribution in [2.45, 2.75) is 38.5 Å². The lowest BCUT2D eigenvalue weighted by Crippen LogP contribution is -2.17. The minimum atomic E-state index is -4.32. The number of aromatic nitrogens is 1. The van der Waals surface area contributed by atoms with Crippen molar-refractivity contribution in [3.05, 3.63) is 70.7 Å². The molecule has 7 heteroatoms. The zero-order valence-corrected chi connectivity index (χ0v) is 16.9. The molecular formula is C22H23ClF4N2. The maximum absolute atomic E-state index is 13.9. The highest BCUT2D eigenvalue weighted by molar-refractivity contribution is 5.86. The first-order valence-electron chi connectivity index (χ1n) is 9.47. The molecule has 0 saturated carbocycles. The van der Waals surface area contributed by atoms with E-state index < -0.39 is 11.7 Å². The van der Waals surface area contributed by atoms with Gasteiger partial charge in [-0.3, -0.25) is 0 Å². The molecule has 0 bridgehead atoms. The Balaban J connectivity index is 0.00000240. The molecule has 1 aliphatic rings. The number of fused-ring (bicyclic) bond motifs is 3. The topological polar surface area (TPSA) is 8.17 Å². The van der Waals surface area contributed by atoms with E-state index in [-0.39, 0.29) is 18.2 Å². The number of hydrogen-bond acceptors (Lipinski definition) is 1. The van der Waals surface area contributed by atoms with Gasteiger partial charge in [0.25, 0.3) is 0 Å². The number of rotatable bonds is 3. The lowest BCUT2D eigenvalue weighted by molar-refractivity contribution is -0.137. The highest BCUT2D eigenvalue weighted by Crippen LogP contribution is 2.32. The van der Waals surface area contributed by atoms with Crippen molar-refractivity contribution in [1.82, 2.24) is 9.47 Å². The Kier molecular flexibility index (Phi) is 6.24. The second-order valence-corrected chi connectivity index (χ2v) is 7.52. The molecule has 0 atom stereocenters. The summed E-state index contributed by atoms with van der Waals surface area (Å²) in [5.74, 6) is -0.248. The fourth-order valence-corrected chi connectivity index (χ4v) is 4.13. The molecule has 2 nitrogen and oxygen atoms in total. The monoisotopic (exact) mass is 426 g/mol. The van der Waals surface area contributed by atoms with E-state index in [1.165, 1.54) is 17.3 Å². The maximum Gasteiger partial charge on any atom is 0.416 e. The molecule has 1 aliphatic heterocycles. The van der Waals surface area contributed by atoms with Gasteiger partial charge < -0.3 is 9.47 Å². The van der Waals surface area contributed by atoms with Crippen LogP contribution < -0.4 is 0 Å². The van der Waals surface area contributed by atoms with Gasteiger partial charge in [-0.1, -0.05) is 12.1 Å². The molecule has 2 aromatic carbocycles. The van der Waals surface area contributed by atoms with Crippen molar-refractivity contribution in [3.8, 4) is 0 Å². The number of aryl methyl sites for hydroxylation is 2. The van der Waals surface area contributed by atoms with Gasteiger partial charge in [-0.15, -0.1) is 12.4 Å². The van der Waals surface area contributed by atoms with Gasteiger partial charge in [0.1, 0.15) is 5.82 Å². The van der Waals surface area contributed by atoms with Crippen molar-refractivity contribution in [3.63, 3.8) is 0 Å². The summed E-state index contributed by atoms with van der Waals surface area (Å²) in [6.07, 6.45) is -1.74. The van der Waals surface area contributed by atoms with Crippen molar-refractivity contribution in [1.29, 1.82) is 0 Å². The first kappa shape index (κ1) is 21.7. The molecule has 3 aromatic rings. The lowest BCUT2D eigenvalue weighted by Gasteiger charge is -2.12. The van der Waals surface area contributed by atoms with E-state index in [9.17, 15) is 17.6 Å². The minimum Gasteiger partial charge on any atom is -0.344 e. The molecule has 0 unspecified atom stereocenters. The fraction of sp³-hybridized carbons (Fsp3) is 0.364. The van der Waals surface area contributed by atoms with Crippen LogP contribution in [0.15, 0.2) is 42.5 Å². The summed E-state index contributed by atoms with van der Waals surface area (Å²) in [5, 5.41) is 0.941. The molecule has 1 aromatic heterocycles. The van der Waals surface area contributed by atoms with Crippen molar-refractivity contribution < 1.29 is 17.6 Å². The third-order valence-corrected chi connectivity index (χ3v) is 5.54. The summed E-state index contributed by atoms with van der Waals surface area (Å²) >= 11 is 0. The summed E-state index contributed by atoms with van der Waals surface area (Å²) in [4.78, 5) is 2.25. The van der Waals surface area contributed by atoms with E-state index in [0.29, 0.717) is 13.0 Å². The van der Waals surface area contributed by atoms with Gasteiger partial charge >= 0.3 is 6.18 Å². The number of hydrogen-bond donors (Lipinski definition) is 0. The highest BCUT2D eigenvalue weighted by Gasteiger charge is 2.30. The van der Waals surface area contributed by atoms with Gasteiger partial charge in [-0.25, -0.2) is 4.39 Å². The van der Waals surface area contributed by atoms with E-state index in [1.54, 1.807) is 18.2 Å². The van der Waals surface area contributed by atoms with Crippen LogP contribution >= 0.6 is 12.4 Å². The molecule has 0 spiro atoms. The molecular weight excluding hydrogens is 404 g/mol. The average molecular weight is 427 g/mol. The Morgan fingerprint density at radius 3 is 2.45 bits per heavy atom. The van der Waals surface area contributed by atoms with Crippen LogP contribution in [0.3, 0.4) is 0 Å². The van der Waals surface area contributed by atoms with Crippen LogP contribution in [0, 0.1) is 5.82 Å². The zero-order chi connectivity index (χ0) is 19.9. The van der Waals surface area contributed by atoms with Gasteiger partial charge in [-0.2, -0.15) is 13.2 Å². The predicted molar refractivity (Wildman–Crippen MR) is 109 cm³/mol. The van der Waals surface area contributed by atoms with Crippen molar-refractivity contribution >= 4 is 23.3 Å². The van der Waals surface area contributed by atoms with Crippen LogP contribution in [0.4, 0.5) is 17.6 Å². The molecule has 4 rings (SSSR count). The second kappa shape index (κ2) is 8.36. The third-order valence-electron chi connectivity index (χ3n) is 5.54. The number of alkyl halides is 3. The molecule has 0 radical (unpaired) electrons. The summed E-state index contributed by atoms with van der Waals surface area (Å²) < 4.78 is 54.4. The molecule has 0 fully saturated rings. The molecule has 156 valence electrons. The van der Waals surface area contributed by atoms with Gasteiger partial charge in [-0.05, 0) is 74.3 Å². The van der Waals surface area contributed by atoms with E-state index >= 15 is 0 Å². The Bertz CT molecular complexity index is 993. The molecule has 29 heavy (non-hydrogen) atoms. The van der Waals surface area contributed by atoms with E-state index in [1.807, 2.05) is 6.07 Å². The van der Waals surface area contributed by atoms with Gasteiger partial charge in [0.2, 0.25) is 0 Å². The molecule has 0 N–H and O–H groups in total. The number of nitrogens with zero attached hydrogens (tertiary/aromatic N) is 2. The second-order valence-electron chi connectivity index (χ2n) is 7.52. The van der Waals surface area contributed by atoms with Gasteiger partial charge in [0.05, 0.1) is 5.56 Å². The molecule has 2 heterocycles. The minimum absolute atomic E-state index is 0. The molecule has 0 aliphatic carbocycles. The Hall–Kier alpha value is -2.05. The van der Waals surface area contributed by atoms with Gasteiger partial charge in [0, 0.05) is 29.7 Å². The van der Waals surface area contributed by atoms with E-state index in [0.717, 1.165) is 54.5 Å². The summed E-state index contributed by atoms with van der Waals surface area (Å²) in [5.41, 5.74) is 3.61. The number of benzene rings is 2. The summed E-state index contributed by atoms with van der Waals surface area (Å²) in [7, 11) is 2.07. The predicted octanol–water partition coefficient (Wildman–Crippen LogP) is 5.84. The SMILES string of the molecule is CN1CCCc2c(c3cc(F)ccc3n2CCc2ccc(C(F)(F)F)cc2)C1.Cl.